The summed E-state index contributed by atoms with van der Waals surface area (Å²) in [7, 11) is 2.44. The molecule has 8 aliphatic rings. The van der Waals surface area contributed by atoms with Crippen molar-refractivity contribution in [1.29, 1.82) is 0 Å². The van der Waals surface area contributed by atoms with Crippen molar-refractivity contribution in [3.05, 3.63) is 35.9 Å². The summed E-state index contributed by atoms with van der Waals surface area (Å²) in [5, 5.41) is 176. The third-order valence-corrected chi connectivity index (χ3v) is 20.4. The lowest BCUT2D eigenvalue weighted by Crippen LogP contribution is -2.70. The van der Waals surface area contributed by atoms with Crippen molar-refractivity contribution in [1.82, 2.24) is 26.6 Å². The molecule has 0 saturated carbocycles. The molecule has 1 aromatic carbocycles. The number of nitrogens with one attached hydrogen (secondary N) is 5. The van der Waals surface area contributed by atoms with Crippen molar-refractivity contribution in [3.63, 3.8) is 0 Å². The number of aliphatic hydroxyl groups excluding tert-OH is 15. The fourth-order valence-corrected chi connectivity index (χ4v) is 14.5. The van der Waals surface area contributed by atoms with Gasteiger partial charge in [0, 0.05) is 66.5 Å². The Morgan fingerprint density at radius 2 is 0.648 bits per heavy atom. The highest BCUT2D eigenvalue weighted by Crippen LogP contribution is 2.40. The van der Waals surface area contributed by atoms with E-state index in [1.165, 1.54) is 21.1 Å². The number of ether oxygens (including phenoxy) is 22. The van der Waals surface area contributed by atoms with E-state index in [9.17, 15) is 120 Å². The van der Waals surface area contributed by atoms with Gasteiger partial charge in [-0.25, -0.2) is 0 Å². The molecule has 22 N–H and O–H groups in total. The Bertz CT molecular complexity index is 3440. The highest BCUT2D eigenvalue weighted by atomic mass is 16.8. The van der Waals surface area contributed by atoms with Gasteiger partial charge in [-0.3, -0.25) is 43.2 Å². The van der Waals surface area contributed by atoms with Crippen LogP contribution in [0.15, 0.2) is 30.3 Å². The summed E-state index contributed by atoms with van der Waals surface area (Å²) in [4.78, 5) is 107. The molecule has 0 aromatic heterocycles. The van der Waals surface area contributed by atoms with Crippen molar-refractivity contribution < 1.29 is 224 Å². The van der Waals surface area contributed by atoms with Crippen LogP contribution in [0.2, 0.25) is 0 Å². The van der Waals surface area contributed by atoms with Gasteiger partial charge in [-0.2, -0.15) is 0 Å². The zero-order valence-corrected chi connectivity index (χ0v) is 66.4. The van der Waals surface area contributed by atoms with E-state index < -0.39 is 296 Å². The second-order valence-corrected chi connectivity index (χ2v) is 28.6. The van der Waals surface area contributed by atoms with Crippen LogP contribution in [0.4, 0.5) is 0 Å². The average molecular weight is 1770 g/mol. The summed E-state index contributed by atoms with van der Waals surface area (Å²) >= 11 is 0. The number of aliphatic hydroxyl groups is 15. The van der Waals surface area contributed by atoms with Crippen LogP contribution in [-0.4, -0.2) is 439 Å². The van der Waals surface area contributed by atoms with E-state index in [1.807, 2.05) is 0 Å². The number of nitrogens with two attached hydrogens (primary N) is 1. The minimum atomic E-state index is -2.12. The Balaban J connectivity index is 0.000000306. The molecule has 0 aliphatic carbocycles. The van der Waals surface area contributed by atoms with E-state index in [4.69, 9.17) is 110 Å². The molecule has 5 amide bonds. The van der Waals surface area contributed by atoms with Crippen LogP contribution in [0.5, 0.6) is 0 Å². The third kappa shape index (κ3) is 24.6. The quantitative estimate of drug-likeness (QED) is 0.0166. The summed E-state index contributed by atoms with van der Waals surface area (Å²) in [6.45, 7) is 2.17. The number of hydrogen-bond acceptors (Lipinski definition) is 47. The van der Waals surface area contributed by atoms with Crippen molar-refractivity contribution in [2.24, 2.45) is 11.7 Å². The van der Waals surface area contributed by atoms with Gasteiger partial charge in [0.05, 0.1) is 45.7 Å². The van der Waals surface area contributed by atoms with Gasteiger partial charge in [0.2, 0.25) is 48.8 Å². The number of rotatable bonds is 38. The van der Waals surface area contributed by atoms with E-state index in [0.717, 1.165) is 27.7 Å². The molecule has 8 fully saturated rings. The number of carbonyl (C=O) groups excluding carboxylic acids is 9. The predicted octanol–water partition coefficient (Wildman–Crippen LogP) is -14.3. The monoisotopic (exact) mass is 1770 g/mol. The molecule has 0 radical (unpaired) electrons. The Hall–Kier alpha value is -6.91. The van der Waals surface area contributed by atoms with Crippen LogP contribution < -0.4 is 32.3 Å². The summed E-state index contributed by atoms with van der Waals surface area (Å²) in [5.41, 5.74) is 5.83. The highest BCUT2D eigenvalue weighted by Gasteiger charge is 2.61. The molecule has 0 bridgehead atoms. The zero-order chi connectivity index (χ0) is 89.7. The number of carbonyl (C=O) groups is 9. The lowest BCUT2D eigenvalue weighted by molar-refractivity contribution is -0.398. The van der Waals surface area contributed by atoms with Gasteiger partial charge in [-0.15, -0.1) is 0 Å². The molecule has 0 spiro atoms. The van der Waals surface area contributed by atoms with Gasteiger partial charge in [0.1, 0.15) is 140 Å². The first-order valence-corrected chi connectivity index (χ1v) is 38.1. The molecule has 52 nitrogen and oxygen atoms in total. The van der Waals surface area contributed by atoms with Gasteiger partial charge < -0.3 is 213 Å². The molecule has 16 unspecified atom stereocenters. The highest BCUT2D eigenvalue weighted by molar-refractivity contribution is 5.94. The van der Waals surface area contributed by atoms with Crippen molar-refractivity contribution in [3.8, 4) is 0 Å². The number of amides is 5. The van der Waals surface area contributed by atoms with Crippen LogP contribution in [-0.2, 0) is 143 Å². The summed E-state index contributed by atoms with van der Waals surface area (Å²) in [5.74, 6) is -4.09. The molecule has 122 heavy (non-hydrogen) atoms. The topological polar surface area (TPSA) is 746 Å². The number of hydrogen-bond donors (Lipinski definition) is 21. The van der Waals surface area contributed by atoms with Gasteiger partial charge in [0.25, 0.3) is 31.8 Å². The van der Waals surface area contributed by atoms with Gasteiger partial charge in [-0.1, -0.05) is 25.1 Å². The van der Waals surface area contributed by atoms with Gasteiger partial charge >= 0.3 is 0 Å². The van der Waals surface area contributed by atoms with Crippen LogP contribution in [0.1, 0.15) is 45.0 Å². The maximum atomic E-state index is 12.5. The van der Waals surface area contributed by atoms with Gasteiger partial charge in [0.15, 0.2) is 68.6 Å². The van der Waals surface area contributed by atoms with E-state index in [2.05, 4.69) is 26.6 Å². The summed E-state index contributed by atoms with van der Waals surface area (Å²) in [6.07, 6.45) is -60.2. The molecule has 694 valence electrons. The molecule has 8 saturated heterocycles. The maximum Gasteiger partial charge on any atom is 0.295 e. The van der Waals surface area contributed by atoms with Crippen LogP contribution in [0.25, 0.3) is 0 Å². The molecule has 52 heteroatoms. The molecular formula is C70H108N6O46. The smallest absolute Gasteiger partial charge is 0.295 e. The Morgan fingerprint density at radius 3 is 0.959 bits per heavy atom. The third-order valence-electron chi connectivity index (χ3n) is 20.4. The second-order valence-electron chi connectivity index (χ2n) is 28.6. The summed E-state index contributed by atoms with van der Waals surface area (Å²) < 4.78 is 122. The lowest BCUT2D eigenvalue weighted by atomic mass is 9.94. The van der Waals surface area contributed by atoms with Gasteiger partial charge in [-0.05, 0) is 12.1 Å². The first-order valence-electron chi connectivity index (χ1n) is 38.1. The Morgan fingerprint density at radius 1 is 0.361 bits per heavy atom. The lowest BCUT2D eigenvalue weighted by Gasteiger charge is -2.50. The molecule has 40 atom stereocenters. The first kappa shape index (κ1) is 101. The van der Waals surface area contributed by atoms with E-state index in [0.29, 0.717) is 5.56 Å². The van der Waals surface area contributed by atoms with Crippen molar-refractivity contribution >= 4 is 55.4 Å². The first-order chi connectivity index (χ1) is 58.2. The molecule has 1 aromatic rings. The normalized spacial score (nSPS) is 41.5. The zero-order valence-electron chi connectivity index (χ0n) is 66.4. The maximum absolute atomic E-state index is 12.5. The van der Waals surface area contributed by atoms with E-state index in [-0.39, 0.29) is 58.1 Å². The minimum absolute atomic E-state index is 0.00304. The van der Waals surface area contributed by atoms with E-state index >= 15 is 0 Å². The average Bonchev–Trinajstić information content (AvgIpc) is 0.760. The standard InChI is InChI=1S/C39H57N3O23.C31H51N3O23/c1-16-24(49)31(38(57-14-45)64-34(16)56-11-10-40-33(54)19-8-6-5-7-9-19)62-36-23(42-18(3)48)26(51)30(21(13-44)60-36)61-37-28(53)27(52)32(39(65-37)58-15-46)63-35-22(41-17(2)47)25(50)29(55-4)20(12-43)59-35;1-10(39)33-14-16(41)22(47-3)12(6-35)51-26(14)55-25-19(44)21(46)29(57-31(25)50-9-38)53-23-13(7-36)52-27(15(17(23)42)34-11(2)40)54-24-18(43)20(45)28(48-5-4-32)56-30(24)49-8-37/h5-9,14-16,20-32,34-39,43-44,49-53H,10-13H2,1-4H3,(H,40,54)(H,41,47)(H,42,48);8-9,12-31,35-36,41-46H,4-7,32H2,1-3H3,(H,33,39)(H,34,40)/t16?,20?,21?,22?,23?,24-,25-,26-,27-,28?,29-,30-,31+,32+,34-,35-,36-,37-,38?,39?;12?,13?,14?,15?,16-,17-,18-,19-,20?,21?,22-,23-,24+,25+,26-,27-,28-,29-,30?,31?/m11/s1. The largest absolute Gasteiger partial charge is 0.435 e. The minimum Gasteiger partial charge on any atom is -0.435 e. The molecular weight excluding hydrogens is 1660 g/mol. The van der Waals surface area contributed by atoms with E-state index in [1.54, 1.807) is 30.3 Å². The Kier molecular flexibility index (Phi) is 39.2. The van der Waals surface area contributed by atoms with Crippen LogP contribution >= 0.6 is 0 Å². The summed E-state index contributed by atoms with van der Waals surface area (Å²) in [6, 6.07) is 2.34. The molecule has 9 rings (SSSR count). The van der Waals surface area contributed by atoms with Crippen LogP contribution in [0.3, 0.4) is 0 Å². The fourth-order valence-electron chi connectivity index (χ4n) is 14.5. The Labute approximate surface area is 693 Å². The van der Waals surface area contributed by atoms with Crippen molar-refractivity contribution in [2.75, 3.05) is 67.0 Å². The SMILES string of the molecule is CO[C@@H]1C(CO)O[C@H](O[C@@H]2C(OC=O)O[C@@H](O[C@@H]3C(CO)O[C@H](O[C@@H]4C(OC=O)O[C@@H](OCCN)C(O)[C@H]4O)C(NC(C)=O)[C@H]3O)C(O)[C@H]2O)C(NC(C)=O)[C@H]1O.CO[C@@H]1C(CO)O[C@H](O[C@@H]2C(OC=O)O[C@@H](O[C@@H]3C(CO)O[C@H](O[C@@H]4C(OC=O)O[C@@H](OCCNC(=O)c5ccccc5)C(C)[C@H]4O)C(NC(C)=O)[C@H]3O)C(O)[C@H]2O)C(NC(C)=O)[C@H]1O. The predicted molar refractivity (Wildman–Crippen MR) is 382 cm³/mol. The van der Waals surface area contributed by atoms with Crippen molar-refractivity contribution in [2.45, 2.75) is 275 Å². The fraction of sp³-hybridized carbons (Fsp3) is 0.786. The molecule has 8 aliphatic heterocycles. The second kappa shape index (κ2) is 47.6. The number of benzene rings is 1. The number of methoxy groups -OCH3 is 2. The molecule has 8 heterocycles. The van der Waals surface area contributed by atoms with Crippen LogP contribution in [0, 0.1) is 5.92 Å².